The van der Waals surface area contributed by atoms with E-state index in [0.717, 1.165) is 23.1 Å². The quantitative estimate of drug-likeness (QED) is 0.861. The number of rotatable bonds is 3. The number of hydrogen-bond donors (Lipinski definition) is 0. The molecule has 1 fully saturated rings. The van der Waals surface area contributed by atoms with Crippen molar-refractivity contribution in [1.29, 1.82) is 0 Å². The van der Waals surface area contributed by atoms with Gasteiger partial charge < -0.3 is 4.90 Å². The first kappa shape index (κ1) is 12.9. The number of benzene rings is 1. The first-order valence-electron chi connectivity index (χ1n) is 7.05. The minimum atomic E-state index is 0.180. The summed E-state index contributed by atoms with van der Waals surface area (Å²) in [5, 5.41) is 0.865. The zero-order valence-corrected chi connectivity index (χ0v) is 12.2. The molecule has 0 bridgehead atoms. The van der Waals surface area contributed by atoms with E-state index >= 15 is 0 Å². The van der Waals surface area contributed by atoms with Crippen LogP contribution in [0, 0.1) is 0 Å². The Kier molecular flexibility index (Phi) is 3.71. The van der Waals surface area contributed by atoms with Crippen molar-refractivity contribution in [1.82, 2.24) is 8.86 Å². The fraction of sp³-hybridized carbons (Fsp3) is 0.533. The zero-order valence-electron chi connectivity index (χ0n) is 11.3. The molecule has 2 aromatic rings. The van der Waals surface area contributed by atoms with Gasteiger partial charge in [0, 0.05) is 12.6 Å². The van der Waals surface area contributed by atoms with Gasteiger partial charge in [-0.2, -0.15) is 0 Å². The molecule has 0 N–H and O–H groups in total. The summed E-state index contributed by atoms with van der Waals surface area (Å²) in [5.74, 6) is 0. The highest BCUT2D eigenvalue weighted by Gasteiger charge is 2.19. The summed E-state index contributed by atoms with van der Waals surface area (Å²) in [7, 11) is 2.21. The van der Waals surface area contributed by atoms with Crippen LogP contribution in [0.1, 0.15) is 25.7 Å². The zero-order chi connectivity index (χ0) is 13.2. The van der Waals surface area contributed by atoms with Crippen LogP contribution in [0.3, 0.4) is 0 Å². The standard InChI is InChI=1S/C15H20N2OS/c1-16-10-5-4-6-12(16)9-11-17-15(18)13-7-2-3-8-14(13)19-17/h2-3,7-8,12H,4-6,9-11H2,1H3/t12-/m1/s1. The molecule has 102 valence electrons. The van der Waals surface area contributed by atoms with Crippen LogP contribution < -0.4 is 5.56 Å². The van der Waals surface area contributed by atoms with Crippen molar-refractivity contribution in [2.45, 2.75) is 38.3 Å². The van der Waals surface area contributed by atoms with Gasteiger partial charge in [0.05, 0.1) is 10.1 Å². The fourth-order valence-electron chi connectivity index (χ4n) is 2.94. The van der Waals surface area contributed by atoms with E-state index in [4.69, 9.17) is 0 Å². The summed E-state index contributed by atoms with van der Waals surface area (Å²) < 4.78 is 3.03. The van der Waals surface area contributed by atoms with Crippen LogP contribution in [0.25, 0.3) is 10.1 Å². The maximum absolute atomic E-state index is 12.2. The number of aryl methyl sites for hydroxylation is 1. The summed E-state index contributed by atoms with van der Waals surface area (Å²) in [6.45, 7) is 2.05. The van der Waals surface area contributed by atoms with E-state index in [2.05, 4.69) is 11.9 Å². The highest BCUT2D eigenvalue weighted by molar-refractivity contribution is 7.13. The molecule has 0 radical (unpaired) electrons. The van der Waals surface area contributed by atoms with Gasteiger partial charge in [0.1, 0.15) is 0 Å². The third-order valence-corrected chi connectivity index (χ3v) is 5.26. The molecule has 0 amide bonds. The van der Waals surface area contributed by atoms with Crippen LogP contribution in [0.15, 0.2) is 29.1 Å². The number of piperidine rings is 1. The van der Waals surface area contributed by atoms with Crippen molar-refractivity contribution in [2.75, 3.05) is 13.6 Å². The molecule has 19 heavy (non-hydrogen) atoms. The van der Waals surface area contributed by atoms with Crippen LogP contribution in [0.4, 0.5) is 0 Å². The average molecular weight is 276 g/mol. The fourth-order valence-corrected chi connectivity index (χ4v) is 3.95. The Morgan fingerprint density at radius 1 is 1.32 bits per heavy atom. The molecule has 1 aliphatic rings. The lowest BCUT2D eigenvalue weighted by Gasteiger charge is -2.32. The number of aromatic nitrogens is 1. The van der Waals surface area contributed by atoms with Crippen molar-refractivity contribution < 1.29 is 0 Å². The maximum atomic E-state index is 12.2. The van der Waals surface area contributed by atoms with E-state index in [1.54, 1.807) is 11.5 Å². The van der Waals surface area contributed by atoms with Crippen molar-refractivity contribution in [3.8, 4) is 0 Å². The first-order chi connectivity index (χ1) is 9.25. The molecular weight excluding hydrogens is 256 g/mol. The third kappa shape index (κ3) is 2.60. The molecule has 3 nitrogen and oxygen atoms in total. The molecule has 0 aliphatic carbocycles. The summed E-state index contributed by atoms with van der Waals surface area (Å²) in [4.78, 5) is 14.7. The van der Waals surface area contributed by atoms with Gasteiger partial charge in [-0.05, 0) is 45.0 Å². The molecule has 4 heteroatoms. The topological polar surface area (TPSA) is 25.2 Å². The summed E-state index contributed by atoms with van der Waals surface area (Å²) in [6.07, 6.45) is 5.01. The van der Waals surface area contributed by atoms with Gasteiger partial charge in [-0.15, -0.1) is 0 Å². The molecule has 1 aromatic heterocycles. The molecule has 0 saturated carbocycles. The second kappa shape index (κ2) is 5.47. The Morgan fingerprint density at radius 2 is 2.16 bits per heavy atom. The summed E-state index contributed by atoms with van der Waals surface area (Å²) >= 11 is 1.60. The first-order valence-corrected chi connectivity index (χ1v) is 7.82. The number of fused-ring (bicyclic) bond motifs is 1. The van der Waals surface area contributed by atoms with Crippen molar-refractivity contribution in [2.24, 2.45) is 0 Å². The highest BCUT2D eigenvalue weighted by Crippen LogP contribution is 2.20. The molecule has 1 aromatic carbocycles. The van der Waals surface area contributed by atoms with E-state index in [0.29, 0.717) is 6.04 Å². The minimum Gasteiger partial charge on any atom is -0.303 e. The Bertz CT molecular complexity index is 616. The van der Waals surface area contributed by atoms with E-state index in [-0.39, 0.29) is 5.56 Å². The van der Waals surface area contributed by atoms with Crippen molar-refractivity contribution >= 4 is 21.6 Å². The third-order valence-electron chi connectivity index (χ3n) is 4.14. The molecule has 0 spiro atoms. The smallest absolute Gasteiger partial charge is 0.268 e. The SMILES string of the molecule is CN1CCCC[C@@H]1CCn1sc2ccccc2c1=O. The Labute approximate surface area is 117 Å². The summed E-state index contributed by atoms with van der Waals surface area (Å²) in [6, 6.07) is 8.54. The van der Waals surface area contributed by atoms with Gasteiger partial charge in [0.2, 0.25) is 0 Å². The normalized spacial score (nSPS) is 21.0. The Morgan fingerprint density at radius 3 is 2.95 bits per heavy atom. The second-order valence-electron chi connectivity index (χ2n) is 5.41. The molecule has 0 unspecified atom stereocenters. The van der Waals surface area contributed by atoms with Gasteiger partial charge >= 0.3 is 0 Å². The maximum Gasteiger partial charge on any atom is 0.268 e. The molecule has 2 heterocycles. The van der Waals surface area contributed by atoms with E-state index in [1.165, 1.54) is 25.8 Å². The Hall–Kier alpha value is -1.13. The molecule has 3 rings (SSSR count). The van der Waals surface area contributed by atoms with Crippen LogP contribution >= 0.6 is 11.5 Å². The second-order valence-corrected chi connectivity index (χ2v) is 6.48. The van der Waals surface area contributed by atoms with Gasteiger partial charge in [0.25, 0.3) is 5.56 Å². The van der Waals surface area contributed by atoms with Gasteiger partial charge in [-0.25, -0.2) is 0 Å². The molecule has 1 saturated heterocycles. The lowest BCUT2D eigenvalue weighted by atomic mass is 10.0. The van der Waals surface area contributed by atoms with Crippen molar-refractivity contribution in [3.63, 3.8) is 0 Å². The lowest BCUT2D eigenvalue weighted by molar-refractivity contribution is 0.172. The van der Waals surface area contributed by atoms with Gasteiger partial charge in [0.15, 0.2) is 0 Å². The van der Waals surface area contributed by atoms with Crippen molar-refractivity contribution in [3.05, 3.63) is 34.6 Å². The van der Waals surface area contributed by atoms with E-state index < -0.39 is 0 Å². The highest BCUT2D eigenvalue weighted by atomic mass is 32.1. The lowest BCUT2D eigenvalue weighted by Crippen LogP contribution is -2.37. The number of likely N-dealkylation sites (tertiary alicyclic amines) is 1. The largest absolute Gasteiger partial charge is 0.303 e. The van der Waals surface area contributed by atoms with Crippen LogP contribution in [-0.2, 0) is 6.54 Å². The van der Waals surface area contributed by atoms with Crippen LogP contribution in [-0.4, -0.2) is 28.5 Å². The van der Waals surface area contributed by atoms with Crippen LogP contribution in [0.2, 0.25) is 0 Å². The predicted molar refractivity (Wildman–Crippen MR) is 81.0 cm³/mol. The van der Waals surface area contributed by atoms with E-state index in [1.807, 2.05) is 28.2 Å². The Balaban J connectivity index is 1.75. The number of hydrogen-bond acceptors (Lipinski definition) is 3. The minimum absolute atomic E-state index is 0.180. The molecule has 1 aliphatic heterocycles. The van der Waals surface area contributed by atoms with Gasteiger partial charge in [-0.1, -0.05) is 30.1 Å². The summed E-state index contributed by atoms with van der Waals surface area (Å²) in [5.41, 5.74) is 0.180. The number of nitrogens with zero attached hydrogens (tertiary/aromatic N) is 2. The van der Waals surface area contributed by atoms with Crippen LogP contribution in [0.5, 0.6) is 0 Å². The monoisotopic (exact) mass is 276 g/mol. The van der Waals surface area contributed by atoms with E-state index in [9.17, 15) is 4.79 Å². The molecular formula is C15H20N2OS. The predicted octanol–water partition coefficient (Wildman–Crippen LogP) is 2.94. The average Bonchev–Trinajstić information content (AvgIpc) is 2.75. The molecule has 1 atom stereocenters. The van der Waals surface area contributed by atoms with Gasteiger partial charge in [-0.3, -0.25) is 8.75 Å².